The van der Waals surface area contributed by atoms with E-state index >= 15 is 0 Å². The number of nitrogens with one attached hydrogen (secondary N) is 1. The molecule has 0 aromatic rings. The molecule has 1 saturated carbocycles. The van der Waals surface area contributed by atoms with Gasteiger partial charge in [0.05, 0.1) is 0 Å². The Hall–Kier alpha value is -1.17. The third-order valence-corrected chi connectivity index (χ3v) is 3.22. The first-order valence-corrected chi connectivity index (χ1v) is 5.70. The summed E-state index contributed by atoms with van der Waals surface area (Å²) in [6.07, 6.45) is 3.84. The highest BCUT2D eigenvalue weighted by atomic mass is 19.1. The number of alkyl halides is 1. The van der Waals surface area contributed by atoms with Crippen molar-refractivity contribution in [3.8, 4) is 0 Å². The Kier molecular flexibility index (Phi) is 4.86. The highest BCUT2D eigenvalue weighted by Crippen LogP contribution is 2.31. The van der Waals surface area contributed by atoms with Gasteiger partial charge in [-0.15, -0.1) is 0 Å². The van der Waals surface area contributed by atoms with Crippen LogP contribution in [-0.4, -0.2) is 42.4 Å². The summed E-state index contributed by atoms with van der Waals surface area (Å²) in [7, 11) is 1.43. The van der Waals surface area contributed by atoms with Crippen LogP contribution in [0.5, 0.6) is 0 Å². The van der Waals surface area contributed by atoms with Crippen molar-refractivity contribution in [2.45, 2.75) is 43.7 Å². The maximum Gasteiger partial charge on any atom is 0.328 e. The SMILES string of the molecule is COC1(C(=O)NC(CF)C(=O)O)CCCCC1. The topological polar surface area (TPSA) is 75.6 Å². The smallest absolute Gasteiger partial charge is 0.328 e. The Morgan fingerprint density at radius 3 is 2.41 bits per heavy atom. The summed E-state index contributed by atoms with van der Waals surface area (Å²) in [4.78, 5) is 22.6. The van der Waals surface area contributed by atoms with E-state index in [1.54, 1.807) is 0 Å². The van der Waals surface area contributed by atoms with Crippen molar-refractivity contribution in [1.29, 1.82) is 0 Å². The molecule has 2 N–H and O–H groups in total. The van der Waals surface area contributed by atoms with E-state index in [1.165, 1.54) is 7.11 Å². The number of methoxy groups -OCH3 is 1. The molecule has 0 spiro atoms. The molecular weight excluding hydrogens is 229 g/mol. The number of carboxylic acids is 1. The van der Waals surface area contributed by atoms with E-state index in [0.29, 0.717) is 12.8 Å². The average Bonchev–Trinajstić information content (AvgIpc) is 2.35. The molecule has 1 atom stereocenters. The number of carboxylic acid groups (broad SMARTS) is 1. The first kappa shape index (κ1) is 13.9. The molecule has 1 aliphatic carbocycles. The molecule has 0 aromatic heterocycles. The molecule has 0 bridgehead atoms. The molecular formula is C11H18FNO4. The number of amides is 1. The number of aliphatic carboxylic acids is 1. The number of carbonyl (C=O) groups is 2. The number of halogens is 1. The molecule has 5 nitrogen and oxygen atoms in total. The largest absolute Gasteiger partial charge is 0.480 e. The van der Waals surface area contributed by atoms with Crippen LogP contribution in [0.1, 0.15) is 32.1 Å². The van der Waals surface area contributed by atoms with Gasteiger partial charge in [-0.05, 0) is 12.8 Å². The molecule has 0 aliphatic heterocycles. The quantitative estimate of drug-likeness (QED) is 0.756. The number of carbonyl (C=O) groups excluding carboxylic acids is 1. The minimum Gasteiger partial charge on any atom is -0.480 e. The zero-order chi connectivity index (χ0) is 12.9. The van der Waals surface area contributed by atoms with Crippen molar-refractivity contribution in [3.63, 3.8) is 0 Å². The van der Waals surface area contributed by atoms with Gasteiger partial charge in [-0.2, -0.15) is 0 Å². The molecule has 98 valence electrons. The molecule has 1 fully saturated rings. The lowest BCUT2D eigenvalue weighted by atomic mass is 9.83. The van der Waals surface area contributed by atoms with E-state index in [9.17, 15) is 14.0 Å². The highest BCUT2D eigenvalue weighted by molar-refractivity contribution is 5.89. The van der Waals surface area contributed by atoms with Gasteiger partial charge in [-0.1, -0.05) is 19.3 Å². The summed E-state index contributed by atoms with van der Waals surface area (Å²) in [5, 5.41) is 10.9. The van der Waals surface area contributed by atoms with Crippen molar-refractivity contribution in [2.24, 2.45) is 0 Å². The van der Waals surface area contributed by atoms with Crippen LogP contribution in [0, 0.1) is 0 Å². The third kappa shape index (κ3) is 3.15. The fourth-order valence-corrected chi connectivity index (χ4v) is 2.10. The van der Waals surface area contributed by atoms with Crippen molar-refractivity contribution in [3.05, 3.63) is 0 Å². The summed E-state index contributed by atoms with van der Waals surface area (Å²) in [6.45, 7) is -1.12. The lowest BCUT2D eigenvalue weighted by molar-refractivity contribution is -0.152. The minimum absolute atomic E-state index is 0.523. The van der Waals surface area contributed by atoms with Gasteiger partial charge in [0.1, 0.15) is 12.3 Å². The van der Waals surface area contributed by atoms with Crippen molar-refractivity contribution < 1.29 is 23.8 Å². The third-order valence-electron chi connectivity index (χ3n) is 3.22. The molecule has 0 radical (unpaired) electrons. The standard InChI is InChI=1S/C11H18FNO4/c1-17-11(5-3-2-4-6-11)10(16)13-8(7-12)9(14)15/h8H,2-7H2,1H3,(H,13,16)(H,14,15). The average molecular weight is 247 g/mol. The Balaban J connectivity index is 2.68. The van der Waals surface area contributed by atoms with Gasteiger partial charge >= 0.3 is 5.97 Å². The second-order valence-corrected chi connectivity index (χ2v) is 4.28. The zero-order valence-corrected chi connectivity index (χ0v) is 9.87. The van der Waals surface area contributed by atoms with E-state index < -0.39 is 30.2 Å². The van der Waals surface area contributed by atoms with E-state index in [4.69, 9.17) is 9.84 Å². The Bertz CT molecular complexity index is 289. The molecule has 1 aliphatic rings. The van der Waals surface area contributed by atoms with Gasteiger partial charge in [-0.25, -0.2) is 9.18 Å². The molecule has 1 amide bonds. The van der Waals surface area contributed by atoms with E-state index in [0.717, 1.165) is 19.3 Å². The predicted molar refractivity (Wildman–Crippen MR) is 58.4 cm³/mol. The maximum atomic E-state index is 12.4. The summed E-state index contributed by atoms with van der Waals surface area (Å²) >= 11 is 0. The normalized spacial score (nSPS) is 20.6. The van der Waals surface area contributed by atoms with Crippen molar-refractivity contribution in [1.82, 2.24) is 5.32 Å². The molecule has 0 aromatic carbocycles. The van der Waals surface area contributed by atoms with E-state index in [1.807, 2.05) is 0 Å². The first-order valence-electron chi connectivity index (χ1n) is 5.70. The van der Waals surface area contributed by atoms with Gasteiger partial charge in [0.2, 0.25) is 0 Å². The number of hydrogen-bond acceptors (Lipinski definition) is 3. The summed E-state index contributed by atoms with van der Waals surface area (Å²) in [6, 6.07) is -1.49. The Morgan fingerprint density at radius 1 is 1.41 bits per heavy atom. The zero-order valence-electron chi connectivity index (χ0n) is 9.87. The second-order valence-electron chi connectivity index (χ2n) is 4.28. The van der Waals surface area contributed by atoms with Crippen LogP contribution in [0.2, 0.25) is 0 Å². The van der Waals surface area contributed by atoms with Crippen LogP contribution in [0.15, 0.2) is 0 Å². The number of ether oxygens (including phenoxy) is 1. The van der Waals surface area contributed by atoms with Gasteiger partial charge < -0.3 is 15.2 Å². The minimum atomic E-state index is -1.49. The predicted octanol–water partition coefficient (Wildman–Crippen LogP) is 0.875. The van der Waals surface area contributed by atoms with Crippen LogP contribution in [-0.2, 0) is 14.3 Å². The Morgan fingerprint density at radius 2 is 2.00 bits per heavy atom. The molecule has 17 heavy (non-hydrogen) atoms. The lowest BCUT2D eigenvalue weighted by Gasteiger charge is -2.34. The Labute approximate surface area is 99.3 Å². The van der Waals surface area contributed by atoms with Crippen LogP contribution in [0.4, 0.5) is 4.39 Å². The fourth-order valence-electron chi connectivity index (χ4n) is 2.10. The van der Waals surface area contributed by atoms with Crippen molar-refractivity contribution in [2.75, 3.05) is 13.8 Å². The summed E-state index contributed by atoms with van der Waals surface area (Å²) < 4.78 is 17.7. The van der Waals surface area contributed by atoms with Crippen LogP contribution in [0.25, 0.3) is 0 Å². The van der Waals surface area contributed by atoms with Crippen LogP contribution in [0.3, 0.4) is 0 Å². The first-order chi connectivity index (χ1) is 8.05. The molecule has 1 rings (SSSR count). The van der Waals surface area contributed by atoms with E-state index in [2.05, 4.69) is 5.32 Å². The maximum absolute atomic E-state index is 12.4. The van der Waals surface area contributed by atoms with Crippen molar-refractivity contribution >= 4 is 11.9 Å². The van der Waals surface area contributed by atoms with Crippen LogP contribution >= 0.6 is 0 Å². The van der Waals surface area contributed by atoms with Gasteiger partial charge in [0.15, 0.2) is 6.04 Å². The summed E-state index contributed by atoms with van der Waals surface area (Å²) in [5.41, 5.74) is -0.985. The monoisotopic (exact) mass is 247 g/mol. The molecule has 6 heteroatoms. The summed E-state index contributed by atoms with van der Waals surface area (Å²) in [5.74, 6) is -1.90. The highest BCUT2D eigenvalue weighted by Gasteiger charge is 2.41. The van der Waals surface area contributed by atoms with Gasteiger partial charge in [0.25, 0.3) is 5.91 Å². The van der Waals surface area contributed by atoms with Gasteiger partial charge in [-0.3, -0.25) is 4.79 Å². The van der Waals surface area contributed by atoms with E-state index in [-0.39, 0.29) is 0 Å². The molecule has 0 saturated heterocycles. The number of hydrogen-bond donors (Lipinski definition) is 2. The number of rotatable bonds is 5. The van der Waals surface area contributed by atoms with Crippen LogP contribution < -0.4 is 5.32 Å². The fraction of sp³-hybridized carbons (Fsp3) is 0.818. The van der Waals surface area contributed by atoms with Gasteiger partial charge in [0, 0.05) is 7.11 Å². The second kappa shape index (κ2) is 5.95. The lowest BCUT2D eigenvalue weighted by Crippen LogP contribution is -2.54. The molecule has 0 heterocycles. The molecule has 1 unspecified atom stereocenters.